The molecule has 0 heterocycles. The zero-order valence-electron chi connectivity index (χ0n) is 18.1. The molecule has 2 N–H and O–H groups in total. The molecule has 2 unspecified atom stereocenters. The SMILES string of the molecule is CNCC1Cc2ccc(CNS(=O)(=O)CC3CC3)cc2C1Cc1cccc(C(F)(F)F)c1. The summed E-state index contributed by atoms with van der Waals surface area (Å²) in [5.41, 5.74) is 3.21. The van der Waals surface area contributed by atoms with Crippen molar-refractivity contribution in [3.05, 3.63) is 70.3 Å². The Morgan fingerprint density at radius 1 is 1.06 bits per heavy atom. The molecule has 2 aliphatic rings. The van der Waals surface area contributed by atoms with Crippen LogP contribution in [0.25, 0.3) is 0 Å². The molecule has 0 aromatic heterocycles. The first-order chi connectivity index (χ1) is 15.1. The lowest BCUT2D eigenvalue weighted by Crippen LogP contribution is -2.26. The average Bonchev–Trinajstić information content (AvgIpc) is 3.47. The maximum Gasteiger partial charge on any atom is 0.416 e. The number of hydrogen-bond donors (Lipinski definition) is 2. The number of fused-ring (bicyclic) bond motifs is 1. The molecule has 1 saturated carbocycles. The van der Waals surface area contributed by atoms with E-state index in [1.807, 2.05) is 25.2 Å². The summed E-state index contributed by atoms with van der Waals surface area (Å²) in [5, 5.41) is 3.21. The third-order valence-corrected chi connectivity index (χ3v) is 7.98. The Labute approximate surface area is 187 Å². The van der Waals surface area contributed by atoms with E-state index in [1.165, 1.54) is 17.7 Å². The molecule has 4 nitrogen and oxygen atoms in total. The van der Waals surface area contributed by atoms with Crippen molar-refractivity contribution in [2.45, 2.75) is 44.3 Å². The topological polar surface area (TPSA) is 58.2 Å². The second-order valence-corrected chi connectivity index (χ2v) is 11.0. The van der Waals surface area contributed by atoms with Gasteiger partial charge < -0.3 is 5.32 Å². The van der Waals surface area contributed by atoms with Gasteiger partial charge in [0, 0.05) is 6.54 Å². The maximum absolute atomic E-state index is 13.2. The highest BCUT2D eigenvalue weighted by atomic mass is 32.2. The van der Waals surface area contributed by atoms with Crippen molar-refractivity contribution in [1.29, 1.82) is 0 Å². The van der Waals surface area contributed by atoms with E-state index in [1.54, 1.807) is 6.07 Å². The number of benzene rings is 2. The van der Waals surface area contributed by atoms with Crippen LogP contribution in [0.2, 0.25) is 0 Å². The molecular weight excluding hydrogens is 437 g/mol. The van der Waals surface area contributed by atoms with Crippen LogP contribution < -0.4 is 10.0 Å². The Morgan fingerprint density at radius 2 is 1.84 bits per heavy atom. The monoisotopic (exact) mass is 466 g/mol. The van der Waals surface area contributed by atoms with Crippen LogP contribution in [0.3, 0.4) is 0 Å². The molecule has 0 aliphatic heterocycles. The highest BCUT2D eigenvalue weighted by Crippen LogP contribution is 2.41. The maximum atomic E-state index is 13.2. The van der Waals surface area contributed by atoms with Gasteiger partial charge in [-0.1, -0.05) is 36.4 Å². The minimum absolute atomic E-state index is 0.0731. The third-order valence-electron chi connectivity index (χ3n) is 6.49. The first-order valence-corrected chi connectivity index (χ1v) is 12.7. The number of alkyl halides is 3. The van der Waals surface area contributed by atoms with Gasteiger partial charge >= 0.3 is 6.18 Å². The molecule has 2 aromatic carbocycles. The largest absolute Gasteiger partial charge is 0.416 e. The van der Waals surface area contributed by atoms with Crippen molar-refractivity contribution in [3.8, 4) is 0 Å². The molecular formula is C24H29F3N2O2S. The molecule has 0 amide bonds. The smallest absolute Gasteiger partial charge is 0.319 e. The fourth-order valence-electron chi connectivity index (χ4n) is 4.69. The van der Waals surface area contributed by atoms with Crippen LogP contribution in [0.5, 0.6) is 0 Å². The molecule has 2 aliphatic carbocycles. The molecule has 8 heteroatoms. The Kier molecular flexibility index (Phi) is 6.66. The molecule has 0 saturated heterocycles. The Bertz CT molecular complexity index is 1070. The average molecular weight is 467 g/mol. The normalized spacial score (nSPS) is 21.0. The van der Waals surface area contributed by atoms with Crippen molar-refractivity contribution < 1.29 is 21.6 Å². The van der Waals surface area contributed by atoms with Crippen molar-refractivity contribution in [2.24, 2.45) is 11.8 Å². The fraction of sp³-hybridized carbons (Fsp3) is 0.500. The van der Waals surface area contributed by atoms with E-state index < -0.39 is 21.8 Å². The van der Waals surface area contributed by atoms with Crippen LogP contribution in [0.4, 0.5) is 13.2 Å². The standard InChI is InChI=1S/C24H29F3N2O2S/c1-28-14-20-12-19-8-7-18(13-29-32(30,31)15-16-5-6-16)11-22(19)23(20)10-17-3-2-4-21(9-17)24(25,26)27/h2-4,7-9,11,16,20,23,28-29H,5-6,10,12-15H2,1H3. The molecule has 32 heavy (non-hydrogen) atoms. The first-order valence-electron chi connectivity index (χ1n) is 11.0. The number of nitrogens with one attached hydrogen (secondary N) is 2. The van der Waals surface area contributed by atoms with Gasteiger partial charge in [-0.3, -0.25) is 0 Å². The molecule has 2 atom stereocenters. The van der Waals surface area contributed by atoms with Gasteiger partial charge in [-0.25, -0.2) is 13.1 Å². The van der Waals surface area contributed by atoms with E-state index in [-0.39, 0.29) is 30.1 Å². The summed E-state index contributed by atoms with van der Waals surface area (Å²) in [6.45, 7) is 0.997. The molecule has 2 aromatic rings. The van der Waals surface area contributed by atoms with E-state index in [0.29, 0.717) is 12.0 Å². The summed E-state index contributed by atoms with van der Waals surface area (Å²) in [6.07, 6.45) is -1.04. The van der Waals surface area contributed by atoms with Crippen molar-refractivity contribution in [2.75, 3.05) is 19.3 Å². The predicted octanol–water partition coefficient (Wildman–Crippen LogP) is 4.25. The first kappa shape index (κ1) is 23.3. The molecule has 0 spiro atoms. The van der Waals surface area contributed by atoms with Crippen LogP contribution in [0.1, 0.15) is 46.6 Å². The summed E-state index contributed by atoms with van der Waals surface area (Å²) in [7, 11) is -1.42. The lowest BCUT2D eigenvalue weighted by atomic mass is 9.86. The Balaban J connectivity index is 1.54. The minimum atomic E-state index is -4.36. The zero-order valence-corrected chi connectivity index (χ0v) is 18.9. The summed E-state index contributed by atoms with van der Waals surface area (Å²) in [4.78, 5) is 0. The summed E-state index contributed by atoms with van der Waals surface area (Å²) in [5.74, 6) is 0.808. The lowest BCUT2D eigenvalue weighted by Gasteiger charge is -2.21. The van der Waals surface area contributed by atoms with Crippen molar-refractivity contribution in [1.82, 2.24) is 10.0 Å². The summed E-state index contributed by atoms with van der Waals surface area (Å²) >= 11 is 0. The van der Waals surface area contributed by atoms with Crippen LogP contribution in [0, 0.1) is 11.8 Å². The second kappa shape index (κ2) is 9.15. The highest BCUT2D eigenvalue weighted by Gasteiger charge is 2.34. The number of hydrogen-bond acceptors (Lipinski definition) is 3. The quantitative estimate of drug-likeness (QED) is 0.581. The van der Waals surface area contributed by atoms with Gasteiger partial charge in [-0.15, -0.1) is 0 Å². The lowest BCUT2D eigenvalue weighted by molar-refractivity contribution is -0.137. The van der Waals surface area contributed by atoms with Crippen LogP contribution in [-0.4, -0.2) is 27.8 Å². The van der Waals surface area contributed by atoms with E-state index in [4.69, 9.17) is 0 Å². The molecule has 174 valence electrons. The van der Waals surface area contributed by atoms with Crippen LogP contribution in [0.15, 0.2) is 42.5 Å². The number of sulfonamides is 1. The number of halogens is 3. The predicted molar refractivity (Wildman–Crippen MR) is 119 cm³/mol. The van der Waals surface area contributed by atoms with Gasteiger partial charge in [0.2, 0.25) is 10.0 Å². The van der Waals surface area contributed by atoms with Crippen molar-refractivity contribution >= 4 is 10.0 Å². The van der Waals surface area contributed by atoms with E-state index in [9.17, 15) is 21.6 Å². The Hall–Kier alpha value is -1.90. The summed E-state index contributed by atoms with van der Waals surface area (Å²) < 4.78 is 66.7. The van der Waals surface area contributed by atoms with E-state index >= 15 is 0 Å². The van der Waals surface area contributed by atoms with Crippen molar-refractivity contribution in [3.63, 3.8) is 0 Å². The Morgan fingerprint density at radius 3 is 2.53 bits per heavy atom. The van der Waals surface area contributed by atoms with Gasteiger partial charge in [-0.05, 0) is 85.3 Å². The van der Waals surface area contributed by atoms with Gasteiger partial charge in [0.05, 0.1) is 11.3 Å². The molecule has 0 bridgehead atoms. The zero-order chi connectivity index (χ0) is 22.9. The van der Waals surface area contributed by atoms with E-state index in [2.05, 4.69) is 10.0 Å². The van der Waals surface area contributed by atoms with Gasteiger partial charge in [0.1, 0.15) is 0 Å². The van der Waals surface area contributed by atoms with E-state index in [0.717, 1.165) is 43.0 Å². The van der Waals surface area contributed by atoms with Crippen LogP contribution >= 0.6 is 0 Å². The van der Waals surface area contributed by atoms with Gasteiger partial charge in [0.15, 0.2) is 0 Å². The van der Waals surface area contributed by atoms with Gasteiger partial charge in [0.25, 0.3) is 0 Å². The van der Waals surface area contributed by atoms with Gasteiger partial charge in [-0.2, -0.15) is 13.2 Å². The minimum Gasteiger partial charge on any atom is -0.319 e. The highest BCUT2D eigenvalue weighted by molar-refractivity contribution is 7.89. The summed E-state index contributed by atoms with van der Waals surface area (Å²) in [6, 6.07) is 11.6. The molecule has 1 fully saturated rings. The van der Waals surface area contributed by atoms with Crippen LogP contribution in [-0.2, 0) is 35.6 Å². The third kappa shape index (κ3) is 5.71. The second-order valence-electron chi connectivity index (χ2n) is 9.11. The number of rotatable bonds is 9. The molecule has 4 rings (SSSR count). The fourth-order valence-corrected chi connectivity index (χ4v) is 6.15. The molecule has 0 radical (unpaired) electrons.